The number of benzene rings is 1. The van der Waals surface area contributed by atoms with Gasteiger partial charge < -0.3 is 10.4 Å². The zero-order valence-corrected chi connectivity index (χ0v) is 12.5. The van der Waals surface area contributed by atoms with Crippen LogP contribution < -0.4 is 5.32 Å². The maximum Gasteiger partial charge on any atom is 0.303 e. The molecule has 0 saturated heterocycles. The van der Waals surface area contributed by atoms with Crippen LogP contribution in [0.25, 0.3) is 0 Å². The molecule has 0 aliphatic carbocycles. The van der Waals surface area contributed by atoms with E-state index in [2.05, 4.69) is 10.3 Å². The maximum atomic E-state index is 10.6. The highest BCUT2D eigenvalue weighted by molar-refractivity contribution is 7.11. The molecule has 0 atom stereocenters. The maximum absolute atomic E-state index is 10.6. The third-order valence-corrected chi connectivity index (χ3v) is 4.08. The van der Waals surface area contributed by atoms with Gasteiger partial charge >= 0.3 is 5.97 Å². The molecule has 0 bridgehead atoms. The predicted molar refractivity (Wildman–Crippen MR) is 81.3 cm³/mol. The fraction of sp³-hybridized carbons (Fsp3) is 0.333. The smallest absolute Gasteiger partial charge is 0.303 e. The molecule has 0 aliphatic rings. The first kappa shape index (κ1) is 14.5. The largest absolute Gasteiger partial charge is 0.481 e. The van der Waals surface area contributed by atoms with E-state index in [0.29, 0.717) is 6.42 Å². The lowest BCUT2D eigenvalue weighted by molar-refractivity contribution is -0.136. The van der Waals surface area contributed by atoms with Crippen molar-refractivity contribution < 1.29 is 9.90 Å². The van der Waals surface area contributed by atoms with Crippen LogP contribution in [0.4, 0.5) is 5.69 Å². The van der Waals surface area contributed by atoms with Crippen LogP contribution >= 0.6 is 11.3 Å². The highest BCUT2D eigenvalue weighted by Crippen LogP contribution is 2.19. The van der Waals surface area contributed by atoms with E-state index in [0.717, 1.165) is 28.5 Å². The van der Waals surface area contributed by atoms with E-state index in [9.17, 15) is 4.79 Å². The summed E-state index contributed by atoms with van der Waals surface area (Å²) in [4.78, 5) is 16.2. The molecule has 0 unspecified atom stereocenters. The van der Waals surface area contributed by atoms with Crippen LogP contribution in [0.15, 0.2) is 24.3 Å². The van der Waals surface area contributed by atoms with Crippen LogP contribution in [0.1, 0.15) is 27.6 Å². The molecule has 0 saturated carbocycles. The first-order valence-electron chi connectivity index (χ1n) is 6.52. The first-order valence-corrected chi connectivity index (χ1v) is 7.34. The van der Waals surface area contributed by atoms with Gasteiger partial charge in [0.05, 0.1) is 17.2 Å². The van der Waals surface area contributed by atoms with E-state index in [1.54, 1.807) is 11.3 Å². The minimum atomic E-state index is -0.765. The minimum absolute atomic E-state index is 0.163. The van der Waals surface area contributed by atoms with Gasteiger partial charge in [-0.15, -0.1) is 11.3 Å². The molecular weight excluding hydrogens is 272 g/mol. The lowest BCUT2D eigenvalue weighted by atomic mass is 10.1. The lowest BCUT2D eigenvalue weighted by Crippen LogP contribution is -2.01. The number of carboxylic acids is 1. The Bertz CT molecular complexity index is 608. The van der Waals surface area contributed by atoms with Crippen molar-refractivity contribution in [3.05, 3.63) is 45.4 Å². The van der Waals surface area contributed by atoms with Gasteiger partial charge in [-0.3, -0.25) is 4.79 Å². The summed E-state index contributed by atoms with van der Waals surface area (Å²) in [5.74, 6) is -0.765. The van der Waals surface area contributed by atoms with Crippen molar-refractivity contribution in [2.75, 3.05) is 5.32 Å². The molecular formula is C15H18N2O2S. The highest BCUT2D eigenvalue weighted by atomic mass is 32.1. The van der Waals surface area contributed by atoms with E-state index in [1.807, 2.05) is 38.1 Å². The van der Waals surface area contributed by atoms with Gasteiger partial charge in [-0.1, -0.05) is 12.1 Å². The molecule has 0 spiro atoms. The number of nitrogens with one attached hydrogen (secondary N) is 1. The van der Waals surface area contributed by atoms with Gasteiger partial charge in [-0.25, -0.2) is 4.98 Å². The summed E-state index contributed by atoms with van der Waals surface area (Å²) in [6, 6.07) is 7.90. The number of rotatable bonds is 6. The number of aryl methyl sites for hydroxylation is 3. The van der Waals surface area contributed by atoms with Gasteiger partial charge in [0, 0.05) is 17.0 Å². The topological polar surface area (TPSA) is 62.2 Å². The van der Waals surface area contributed by atoms with Crippen LogP contribution in [0.3, 0.4) is 0 Å². The van der Waals surface area contributed by atoms with Crippen LogP contribution in [0, 0.1) is 13.8 Å². The first-order chi connectivity index (χ1) is 9.54. The molecule has 1 aromatic heterocycles. The second-order valence-corrected chi connectivity index (χ2v) is 5.98. The van der Waals surface area contributed by atoms with E-state index >= 15 is 0 Å². The fourth-order valence-corrected chi connectivity index (χ4v) is 2.88. The summed E-state index contributed by atoms with van der Waals surface area (Å²) in [6.07, 6.45) is 0.722. The molecule has 2 aromatic rings. The number of aliphatic carboxylic acids is 1. The summed E-state index contributed by atoms with van der Waals surface area (Å²) in [6.45, 7) is 4.78. The van der Waals surface area contributed by atoms with Crippen molar-refractivity contribution in [2.24, 2.45) is 0 Å². The summed E-state index contributed by atoms with van der Waals surface area (Å²) >= 11 is 1.70. The predicted octanol–water partition coefficient (Wildman–Crippen LogP) is 3.39. The van der Waals surface area contributed by atoms with Crippen molar-refractivity contribution in [1.29, 1.82) is 0 Å². The van der Waals surface area contributed by atoms with Gasteiger partial charge in [0.25, 0.3) is 0 Å². The van der Waals surface area contributed by atoms with E-state index < -0.39 is 5.97 Å². The standard InChI is InChI=1S/C15H18N2O2S/c1-10-14(20-11(2)17-10)9-16-13-5-3-4-12(8-13)6-7-15(18)19/h3-5,8,16H,6-7,9H2,1-2H3,(H,18,19). The molecule has 4 nitrogen and oxygen atoms in total. The second-order valence-electron chi connectivity index (χ2n) is 4.69. The molecule has 0 amide bonds. The number of aromatic nitrogens is 1. The van der Waals surface area contributed by atoms with Crippen LogP contribution in [0.2, 0.25) is 0 Å². The molecule has 2 rings (SSSR count). The molecule has 106 valence electrons. The summed E-state index contributed by atoms with van der Waals surface area (Å²) in [5, 5.41) is 13.2. The Morgan fingerprint density at radius 3 is 2.85 bits per heavy atom. The zero-order chi connectivity index (χ0) is 14.5. The SMILES string of the molecule is Cc1nc(C)c(CNc2cccc(CCC(=O)O)c2)s1. The van der Waals surface area contributed by atoms with Gasteiger partial charge in [0.2, 0.25) is 0 Å². The Labute approximate surface area is 122 Å². The van der Waals surface area contributed by atoms with Crippen molar-refractivity contribution >= 4 is 23.0 Å². The van der Waals surface area contributed by atoms with Gasteiger partial charge in [0.1, 0.15) is 0 Å². The average molecular weight is 290 g/mol. The minimum Gasteiger partial charge on any atom is -0.481 e. The summed E-state index contributed by atoms with van der Waals surface area (Å²) < 4.78 is 0. The molecule has 5 heteroatoms. The highest BCUT2D eigenvalue weighted by Gasteiger charge is 2.05. The van der Waals surface area contributed by atoms with Gasteiger partial charge in [0.15, 0.2) is 0 Å². The zero-order valence-electron chi connectivity index (χ0n) is 11.6. The number of hydrogen-bond donors (Lipinski definition) is 2. The Balaban J connectivity index is 1.97. The molecule has 20 heavy (non-hydrogen) atoms. The van der Waals surface area contributed by atoms with Crippen molar-refractivity contribution in [3.8, 4) is 0 Å². The summed E-state index contributed by atoms with van der Waals surface area (Å²) in [7, 11) is 0. The molecule has 1 heterocycles. The Kier molecular flexibility index (Phi) is 4.74. The Hall–Kier alpha value is -1.88. The molecule has 0 fully saturated rings. The second kappa shape index (κ2) is 6.52. The molecule has 0 aliphatic heterocycles. The summed E-state index contributed by atoms with van der Waals surface area (Å²) in [5.41, 5.74) is 3.12. The van der Waals surface area contributed by atoms with E-state index in [4.69, 9.17) is 5.11 Å². The average Bonchev–Trinajstić information content (AvgIpc) is 2.73. The number of anilines is 1. The third-order valence-electron chi connectivity index (χ3n) is 3.01. The van der Waals surface area contributed by atoms with Crippen molar-refractivity contribution in [2.45, 2.75) is 33.2 Å². The van der Waals surface area contributed by atoms with Gasteiger partial charge in [-0.05, 0) is 38.0 Å². The molecule has 1 aromatic carbocycles. The fourth-order valence-electron chi connectivity index (χ4n) is 2.01. The number of nitrogens with zero attached hydrogens (tertiary/aromatic N) is 1. The van der Waals surface area contributed by atoms with Crippen LogP contribution in [-0.4, -0.2) is 16.1 Å². The normalized spacial score (nSPS) is 10.5. The number of carboxylic acid groups (broad SMARTS) is 1. The monoisotopic (exact) mass is 290 g/mol. The van der Waals surface area contributed by atoms with Crippen LogP contribution in [0.5, 0.6) is 0 Å². The Morgan fingerprint density at radius 2 is 2.20 bits per heavy atom. The molecule has 2 N–H and O–H groups in total. The van der Waals surface area contributed by atoms with Gasteiger partial charge in [-0.2, -0.15) is 0 Å². The van der Waals surface area contributed by atoms with Crippen LogP contribution in [-0.2, 0) is 17.8 Å². The molecule has 0 radical (unpaired) electrons. The van der Waals surface area contributed by atoms with Crippen molar-refractivity contribution in [1.82, 2.24) is 4.98 Å². The third kappa shape index (κ3) is 4.06. The quantitative estimate of drug-likeness (QED) is 0.856. The van der Waals surface area contributed by atoms with E-state index in [1.165, 1.54) is 4.88 Å². The lowest BCUT2D eigenvalue weighted by Gasteiger charge is -2.07. The van der Waals surface area contributed by atoms with Crippen molar-refractivity contribution in [3.63, 3.8) is 0 Å². The number of thiazole rings is 1. The number of hydrogen-bond acceptors (Lipinski definition) is 4. The Morgan fingerprint density at radius 1 is 1.40 bits per heavy atom. The van der Waals surface area contributed by atoms with E-state index in [-0.39, 0.29) is 6.42 Å². The number of carbonyl (C=O) groups is 1.